The third-order valence-corrected chi connectivity index (χ3v) is 17.4. The van der Waals surface area contributed by atoms with Crippen molar-refractivity contribution >= 4 is 123 Å². The van der Waals surface area contributed by atoms with Gasteiger partial charge in [0.25, 0.3) is 50.6 Å². The zero-order valence-corrected chi connectivity index (χ0v) is 38.2. The van der Waals surface area contributed by atoms with Crippen molar-refractivity contribution in [1.82, 2.24) is 5.32 Å². The van der Waals surface area contributed by atoms with Crippen molar-refractivity contribution in [2.24, 2.45) is 5.41 Å². The zero-order chi connectivity index (χ0) is 46.9. The van der Waals surface area contributed by atoms with Crippen LogP contribution in [0.25, 0.3) is 37.7 Å². The molecule has 0 saturated heterocycles. The molecule has 1 amide bonds. The zero-order valence-electron chi connectivity index (χ0n) is 32.5. The van der Waals surface area contributed by atoms with Crippen molar-refractivity contribution < 1.29 is 79.2 Å². The number of rotatable bonds is 13. The summed E-state index contributed by atoms with van der Waals surface area (Å²) in [6, 6.07) is 9.96. The molecule has 0 radical (unpaired) electrons. The minimum absolute atomic E-state index is 0.0231. The lowest BCUT2D eigenvalue weighted by Gasteiger charge is -2.34. The molecule has 2 atom stereocenters. The summed E-state index contributed by atoms with van der Waals surface area (Å²) < 4.78 is 177. The summed E-state index contributed by atoms with van der Waals surface area (Å²) in [6.07, 6.45) is 6.81. The first kappa shape index (κ1) is 47.4. The number of carbonyl (C=O) groups excluding carboxylic acids is 2. The SMILES string of the molecule is CCOC(=O)C1(C(=O)NCCS(=O)(=O)O)CC(/C=C/C2Sc3c(S(=O)(=O)O)cc(S(=O)(=O)O)c4cccc2c34)=CC(=C/C=c2/sc3c(S(=O)(=O)O)cc(S(=O)(=O)O)c4cccc2c43)/C1. The number of hydrogen-bond donors (Lipinski definition) is 6. The van der Waals surface area contributed by atoms with Gasteiger partial charge in [0.2, 0.25) is 5.91 Å². The predicted molar refractivity (Wildman–Crippen MR) is 234 cm³/mol. The van der Waals surface area contributed by atoms with Crippen molar-refractivity contribution in [3.63, 3.8) is 0 Å². The van der Waals surface area contributed by atoms with Crippen LogP contribution >= 0.6 is 23.1 Å². The van der Waals surface area contributed by atoms with Gasteiger partial charge in [-0.15, -0.1) is 23.1 Å². The van der Waals surface area contributed by atoms with Crippen LogP contribution in [0.1, 0.15) is 30.6 Å². The van der Waals surface area contributed by atoms with E-state index in [0.717, 1.165) is 23.1 Å². The van der Waals surface area contributed by atoms with Crippen molar-refractivity contribution in [2.75, 3.05) is 18.9 Å². The molecule has 2 heterocycles. The van der Waals surface area contributed by atoms with Gasteiger partial charge < -0.3 is 10.1 Å². The second-order valence-corrected chi connectivity index (χ2v) is 23.8. The highest BCUT2D eigenvalue weighted by molar-refractivity contribution is 8.01. The van der Waals surface area contributed by atoms with Gasteiger partial charge in [-0.1, -0.05) is 60.7 Å². The number of nitrogens with one attached hydrogen (secondary N) is 1. The highest BCUT2D eigenvalue weighted by Crippen LogP contribution is 2.54. The summed E-state index contributed by atoms with van der Waals surface area (Å²) >= 11 is 1.75. The largest absolute Gasteiger partial charge is 0.465 e. The van der Waals surface area contributed by atoms with Gasteiger partial charge in [-0.3, -0.25) is 32.4 Å². The lowest BCUT2D eigenvalue weighted by Crippen LogP contribution is -2.49. The molecule has 1 aliphatic carbocycles. The Balaban J connectivity index is 1.41. The molecule has 1 aliphatic heterocycles. The maximum absolute atomic E-state index is 14.1. The molecule has 26 heteroatoms. The summed E-state index contributed by atoms with van der Waals surface area (Å²) in [5.41, 5.74) is -1.21. The van der Waals surface area contributed by atoms with Crippen LogP contribution < -0.4 is 9.85 Å². The summed E-state index contributed by atoms with van der Waals surface area (Å²) in [5.74, 6) is -2.92. The maximum Gasteiger partial charge on any atom is 0.322 e. The number of amides is 1. The molecule has 0 bridgehead atoms. The van der Waals surface area contributed by atoms with Gasteiger partial charge in [-0.2, -0.15) is 42.1 Å². The van der Waals surface area contributed by atoms with E-state index in [0.29, 0.717) is 22.2 Å². The Kier molecular flexibility index (Phi) is 12.4. The summed E-state index contributed by atoms with van der Waals surface area (Å²) in [6.45, 7) is 0.677. The molecule has 1 aromatic heterocycles. The minimum atomic E-state index is -5.06. The second kappa shape index (κ2) is 16.7. The van der Waals surface area contributed by atoms with Crippen LogP contribution in [-0.4, -0.2) is 95.6 Å². The van der Waals surface area contributed by atoms with E-state index in [-0.39, 0.29) is 67.1 Å². The fourth-order valence-corrected chi connectivity index (χ4v) is 14.2. The van der Waals surface area contributed by atoms with Gasteiger partial charge in [-0.05, 0) is 54.7 Å². The fourth-order valence-electron chi connectivity index (χ4n) is 7.73. The highest BCUT2D eigenvalue weighted by atomic mass is 32.2. The molecule has 0 spiro atoms. The molecular formula is C38H33NO18S7. The number of allylic oxidation sites excluding steroid dienone is 5. The fraction of sp³-hybridized carbons (Fsp3) is 0.211. The minimum Gasteiger partial charge on any atom is -0.465 e. The van der Waals surface area contributed by atoms with Crippen molar-refractivity contribution in [2.45, 2.75) is 49.5 Å². The Labute approximate surface area is 373 Å². The van der Waals surface area contributed by atoms with Crippen LogP contribution in [0, 0.1) is 5.41 Å². The Morgan fingerprint density at radius 1 is 0.766 bits per heavy atom. The number of ether oxygens (including phenoxy) is 1. The number of carbonyl (C=O) groups is 2. The first-order valence-corrected chi connectivity index (χ1v) is 27.3. The lowest BCUT2D eigenvalue weighted by atomic mass is 9.71. The molecule has 64 heavy (non-hydrogen) atoms. The highest BCUT2D eigenvalue weighted by Gasteiger charge is 2.49. The molecule has 7 rings (SSSR count). The molecule has 340 valence electrons. The van der Waals surface area contributed by atoms with Gasteiger partial charge in [0.15, 0.2) is 5.41 Å². The molecule has 2 aliphatic rings. The quantitative estimate of drug-likeness (QED) is 0.0544. The first-order valence-electron chi connectivity index (χ1n) is 18.3. The molecular weight excluding hydrogens is 983 g/mol. The van der Waals surface area contributed by atoms with E-state index in [2.05, 4.69) is 5.32 Å². The van der Waals surface area contributed by atoms with E-state index in [9.17, 15) is 74.4 Å². The molecule has 2 unspecified atom stereocenters. The predicted octanol–water partition coefficient (Wildman–Crippen LogP) is 4.30. The van der Waals surface area contributed by atoms with Crippen LogP contribution in [0.4, 0.5) is 0 Å². The Bertz CT molecular complexity index is 3590. The van der Waals surface area contributed by atoms with E-state index in [1.165, 1.54) is 55.5 Å². The Morgan fingerprint density at radius 3 is 1.94 bits per heavy atom. The lowest BCUT2D eigenvalue weighted by molar-refractivity contribution is -0.161. The summed E-state index contributed by atoms with van der Waals surface area (Å²) in [4.78, 5) is 24.9. The number of benzene rings is 4. The maximum atomic E-state index is 14.1. The summed E-state index contributed by atoms with van der Waals surface area (Å²) in [5, 5.41) is 1.95. The van der Waals surface area contributed by atoms with E-state index in [4.69, 9.17) is 4.74 Å². The van der Waals surface area contributed by atoms with E-state index >= 15 is 0 Å². The Morgan fingerprint density at radius 2 is 1.34 bits per heavy atom. The molecule has 0 saturated carbocycles. The van der Waals surface area contributed by atoms with Crippen LogP contribution in [0.3, 0.4) is 0 Å². The molecule has 19 nitrogen and oxygen atoms in total. The average Bonchev–Trinajstić information content (AvgIpc) is 3.74. The van der Waals surface area contributed by atoms with Crippen molar-refractivity contribution in [1.29, 1.82) is 0 Å². The smallest absolute Gasteiger partial charge is 0.322 e. The molecule has 0 fully saturated rings. The monoisotopic (exact) mass is 1010 g/mol. The summed E-state index contributed by atoms with van der Waals surface area (Å²) in [7, 11) is -24.7. The topological polar surface area (TPSA) is 327 Å². The number of thiophene rings is 1. The average molecular weight is 1020 g/mol. The first-order chi connectivity index (χ1) is 29.6. The standard InChI is InChI=1S/C38H33NO18S7/c1-2-57-37(41)38(36(40)39-13-14-60(42,43)44)18-20(9-11-26-22-5-3-7-24-28(61(45,46)47)16-30(63(51,52)53)34(58-26)32(22)24)15-21(19-38)10-12-27-23-6-4-8-25-29(62(48,49)50)17-31(64(54,55)56)35(59-27)33(23)25/h3-12,15-17,26H,2,13-14,18-19H2,1H3,(H,39,40)(H,42,43,44)(H,45,46,47)(H,48,49,50)(H,51,52,53)(H,54,55,56)/b11-9+,21-10-,27-12+. The van der Waals surface area contributed by atoms with E-state index < -0.39 is 105 Å². The molecule has 5 aromatic rings. The van der Waals surface area contributed by atoms with Gasteiger partial charge in [0.05, 0.1) is 22.3 Å². The van der Waals surface area contributed by atoms with Crippen LogP contribution in [0.5, 0.6) is 0 Å². The van der Waals surface area contributed by atoms with E-state index in [1.54, 1.807) is 18.2 Å². The van der Waals surface area contributed by atoms with Gasteiger partial charge in [-0.25, -0.2) is 0 Å². The van der Waals surface area contributed by atoms with Gasteiger partial charge in [0, 0.05) is 42.9 Å². The second-order valence-electron chi connectivity index (χ2n) is 14.5. The van der Waals surface area contributed by atoms with Crippen molar-refractivity contribution in [3.8, 4) is 0 Å². The van der Waals surface area contributed by atoms with Gasteiger partial charge in [0.1, 0.15) is 19.6 Å². The van der Waals surface area contributed by atoms with Crippen LogP contribution in [0.15, 0.2) is 108 Å². The molecule has 4 aromatic carbocycles. The van der Waals surface area contributed by atoms with E-state index in [1.807, 2.05) is 0 Å². The normalized spacial score (nSPS) is 19.6. The van der Waals surface area contributed by atoms with Crippen molar-refractivity contribution in [3.05, 3.63) is 94.1 Å². The number of esters is 1. The molecule has 6 N–H and O–H groups in total. The third kappa shape index (κ3) is 9.14. The van der Waals surface area contributed by atoms with Gasteiger partial charge >= 0.3 is 5.97 Å². The Hall–Kier alpha value is -4.58. The third-order valence-electron chi connectivity index (χ3n) is 10.3. The number of thioether (sulfide) groups is 1. The van der Waals surface area contributed by atoms with Crippen LogP contribution in [0.2, 0.25) is 0 Å². The number of hydrogen-bond acceptors (Lipinski definition) is 15. The van der Waals surface area contributed by atoms with Crippen LogP contribution in [-0.2, 0) is 64.9 Å².